The van der Waals surface area contributed by atoms with E-state index >= 15 is 0 Å². The Hall–Kier alpha value is -2.57. The molecule has 4 aromatic rings. The molecule has 0 unspecified atom stereocenters. The highest BCUT2D eigenvalue weighted by Crippen LogP contribution is 2.25. The third-order valence-electron chi connectivity index (χ3n) is 3.97. The molecule has 0 aliphatic carbocycles. The van der Waals surface area contributed by atoms with E-state index in [1.54, 1.807) is 6.20 Å². The van der Waals surface area contributed by atoms with E-state index in [0.717, 1.165) is 21.6 Å². The monoisotopic (exact) mass is 382 g/mol. The summed E-state index contributed by atoms with van der Waals surface area (Å²) in [7, 11) is 0. The smallest absolute Gasteiger partial charge is 0.230 e. The van der Waals surface area contributed by atoms with Crippen molar-refractivity contribution in [2.45, 2.75) is 11.6 Å². The van der Waals surface area contributed by atoms with Crippen LogP contribution in [-0.2, 0) is 11.3 Å². The number of fused-ring (bicyclic) bond motifs is 3. The summed E-state index contributed by atoms with van der Waals surface area (Å²) in [5, 5.41) is 4.33. The van der Waals surface area contributed by atoms with Crippen molar-refractivity contribution in [3.63, 3.8) is 0 Å². The highest BCUT2D eigenvalue weighted by atomic mass is 35.5. The van der Waals surface area contributed by atoms with Crippen LogP contribution in [0.15, 0.2) is 66.0 Å². The zero-order valence-corrected chi connectivity index (χ0v) is 15.3. The lowest BCUT2D eigenvalue weighted by Crippen LogP contribution is -2.24. The molecule has 0 saturated carbocycles. The molecule has 0 bridgehead atoms. The first-order valence-corrected chi connectivity index (χ1v) is 9.43. The molecule has 4 rings (SSSR count). The van der Waals surface area contributed by atoms with Crippen LogP contribution in [0.1, 0.15) is 5.56 Å². The Bertz CT molecular complexity index is 1100. The van der Waals surface area contributed by atoms with Gasteiger partial charge in [-0.2, -0.15) is 0 Å². The number of benzene rings is 1. The highest BCUT2D eigenvalue weighted by Gasteiger charge is 2.11. The van der Waals surface area contributed by atoms with Crippen molar-refractivity contribution in [1.29, 1.82) is 0 Å². The molecule has 5 nitrogen and oxygen atoms in total. The van der Waals surface area contributed by atoms with Gasteiger partial charge >= 0.3 is 0 Å². The summed E-state index contributed by atoms with van der Waals surface area (Å²) in [6.07, 6.45) is 3.69. The Morgan fingerprint density at radius 1 is 1.12 bits per heavy atom. The van der Waals surface area contributed by atoms with E-state index in [1.165, 1.54) is 11.8 Å². The lowest BCUT2D eigenvalue weighted by atomic mass is 10.2. The second kappa shape index (κ2) is 7.35. The van der Waals surface area contributed by atoms with Crippen LogP contribution in [0.3, 0.4) is 0 Å². The number of hydrogen-bond donors (Lipinski definition) is 1. The molecule has 26 heavy (non-hydrogen) atoms. The molecule has 1 aromatic carbocycles. The molecule has 0 radical (unpaired) electrons. The predicted octanol–water partition coefficient (Wildman–Crippen LogP) is 3.94. The fourth-order valence-electron chi connectivity index (χ4n) is 2.71. The fourth-order valence-corrected chi connectivity index (χ4v) is 3.75. The van der Waals surface area contributed by atoms with E-state index in [-0.39, 0.29) is 11.7 Å². The quantitative estimate of drug-likeness (QED) is 0.531. The number of carbonyl (C=O) groups excluding carboxylic acids is 1. The van der Waals surface area contributed by atoms with Gasteiger partial charge < -0.3 is 9.72 Å². The minimum atomic E-state index is -0.0671. The zero-order chi connectivity index (χ0) is 17.9. The minimum Gasteiger partial charge on any atom is -0.351 e. The normalized spacial score (nSPS) is 11.1. The van der Waals surface area contributed by atoms with Crippen LogP contribution in [-0.4, -0.2) is 26.0 Å². The second-order valence-electron chi connectivity index (χ2n) is 5.68. The summed E-state index contributed by atoms with van der Waals surface area (Å²) in [6.45, 7) is 0.409. The molecule has 0 atom stereocenters. The molecule has 0 saturated heterocycles. The van der Waals surface area contributed by atoms with Crippen molar-refractivity contribution in [2.24, 2.45) is 0 Å². The van der Waals surface area contributed by atoms with Crippen LogP contribution in [0.5, 0.6) is 0 Å². The summed E-state index contributed by atoms with van der Waals surface area (Å²) in [5.74, 6) is 0.207. The summed E-state index contributed by atoms with van der Waals surface area (Å²) >= 11 is 7.51. The van der Waals surface area contributed by atoms with Gasteiger partial charge in [0.05, 0.1) is 16.8 Å². The number of nitrogens with one attached hydrogen (secondary N) is 1. The van der Waals surface area contributed by atoms with Crippen molar-refractivity contribution in [3.8, 4) is 0 Å². The van der Waals surface area contributed by atoms with Gasteiger partial charge in [-0.3, -0.25) is 4.79 Å². The number of halogens is 1. The lowest BCUT2D eigenvalue weighted by Gasteiger charge is -2.09. The maximum Gasteiger partial charge on any atom is 0.230 e. The van der Waals surface area contributed by atoms with Crippen LogP contribution < -0.4 is 5.32 Å². The van der Waals surface area contributed by atoms with Crippen LogP contribution in [0.25, 0.3) is 16.7 Å². The first kappa shape index (κ1) is 16.9. The van der Waals surface area contributed by atoms with E-state index in [2.05, 4.69) is 15.3 Å². The molecule has 0 aliphatic rings. The number of amides is 1. The maximum absolute atomic E-state index is 12.2. The van der Waals surface area contributed by atoms with Crippen LogP contribution >= 0.6 is 23.4 Å². The molecular weight excluding hydrogens is 368 g/mol. The zero-order valence-electron chi connectivity index (χ0n) is 13.7. The second-order valence-corrected chi connectivity index (χ2v) is 7.05. The van der Waals surface area contributed by atoms with Gasteiger partial charge in [0.1, 0.15) is 5.03 Å². The fraction of sp³-hybridized carbons (Fsp3) is 0.105. The SMILES string of the molecule is O=C(CSc1nc2ncccc2n2cccc12)NCc1ccccc1Cl. The van der Waals surface area contributed by atoms with Crippen molar-refractivity contribution >= 4 is 46.0 Å². The van der Waals surface area contributed by atoms with Crippen molar-refractivity contribution in [1.82, 2.24) is 19.7 Å². The molecule has 130 valence electrons. The molecule has 0 aliphatic heterocycles. The summed E-state index contributed by atoms with van der Waals surface area (Å²) in [6, 6.07) is 15.3. The van der Waals surface area contributed by atoms with Crippen LogP contribution in [0.4, 0.5) is 0 Å². The number of aromatic nitrogens is 3. The number of carbonyl (C=O) groups is 1. The number of pyridine rings is 1. The lowest BCUT2D eigenvalue weighted by molar-refractivity contribution is -0.118. The van der Waals surface area contributed by atoms with Gasteiger partial charge in [0, 0.05) is 24.0 Å². The average molecular weight is 383 g/mol. The van der Waals surface area contributed by atoms with Crippen LogP contribution in [0, 0.1) is 0 Å². The van der Waals surface area contributed by atoms with Gasteiger partial charge in [0.15, 0.2) is 5.65 Å². The van der Waals surface area contributed by atoms with E-state index in [0.29, 0.717) is 17.2 Å². The van der Waals surface area contributed by atoms with Gasteiger partial charge in [-0.05, 0) is 35.9 Å². The Morgan fingerprint density at radius 2 is 1.96 bits per heavy atom. The number of rotatable bonds is 5. The number of nitrogens with zero attached hydrogens (tertiary/aromatic N) is 3. The molecule has 0 fully saturated rings. The Kier molecular flexibility index (Phi) is 4.77. The van der Waals surface area contributed by atoms with Crippen LogP contribution in [0.2, 0.25) is 5.02 Å². The Morgan fingerprint density at radius 3 is 2.85 bits per heavy atom. The predicted molar refractivity (Wildman–Crippen MR) is 105 cm³/mol. The average Bonchev–Trinajstić information content (AvgIpc) is 3.16. The molecule has 3 aromatic heterocycles. The van der Waals surface area contributed by atoms with E-state index in [9.17, 15) is 4.79 Å². The molecular formula is C19H15ClN4OS. The third kappa shape index (κ3) is 3.38. The Balaban J connectivity index is 1.48. The summed E-state index contributed by atoms with van der Waals surface area (Å²) in [4.78, 5) is 21.1. The van der Waals surface area contributed by atoms with E-state index < -0.39 is 0 Å². The molecule has 7 heteroatoms. The van der Waals surface area contributed by atoms with Crippen molar-refractivity contribution in [2.75, 3.05) is 5.75 Å². The van der Waals surface area contributed by atoms with Gasteiger partial charge in [0.2, 0.25) is 5.91 Å². The summed E-state index contributed by atoms with van der Waals surface area (Å²) < 4.78 is 2.04. The van der Waals surface area contributed by atoms with Gasteiger partial charge in [-0.25, -0.2) is 9.97 Å². The Labute approximate surface area is 159 Å². The van der Waals surface area contributed by atoms with Crippen molar-refractivity contribution < 1.29 is 4.79 Å². The molecule has 0 spiro atoms. The molecule has 3 heterocycles. The standard InChI is InChI=1S/C19H15ClN4OS/c20-14-6-2-1-5-13(14)11-22-17(25)12-26-19-16-8-4-10-24(16)15-7-3-9-21-18(15)23-19/h1-10H,11-12H2,(H,22,25). The third-order valence-corrected chi connectivity index (χ3v) is 5.32. The van der Waals surface area contributed by atoms with Gasteiger partial charge in [-0.15, -0.1) is 0 Å². The van der Waals surface area contributed by atoms with Gasteiger partial charge in [-0.1, -0.05) is 41.6 Å². The maximum atomic E-state index is 12.2. The first-order valence-electron chi connectivity index (χ1n) is 8.07. The largest absolute Gasteiger partial charge is 0.351 e. The first-order chi connectivity index (χ1) is 12.7. The molecule has 1 amide bonds. The molecule has 1 N–H and O–H groups in total. The van der Waals surface area contributed by atoms with Crippen molar-refractivity contribution in [3.05, 3.63) is 71.5 Å². The topological polar surface area (TPSA) is 59.3 Å². The van der Waals surface area contributed by atoms with Gasteiger partial charge in [0.25, 0.3) is 0 Å². The van der Waals surface area contributed by atoms with E-state index in [1.807, 2.05) is 59.1 Å². The van der Waals surface area contributed by atoms with E-state index in [4.69, 9.17) is 11.6 Å². The summed E-state index contributed by atoms with van der Waals surface area (Å²) in [5.41, 5.74) is 3.47. The number of hydrogen-bond acceptors (Lipinski definition) is 4. The highest BCUT2D eigenvalue weighted by molar-refractivity contribution is 8.00. The number of thioether (sulfide) groups is 1. The minimum absolute atomic E-state index is 0.0671.